The summed E-state index contributed by atoms with van der Waals surface area (Å²) in [5.41, 5.74) is 1.36. The molecule has 1 aromatic rings. The van der Waals surface area contributed by atoms with Gasteiger partial charge in [-0.25, -0.2) is 0 Å². The molecule has 0 aliphatic heterocycles. The summed E-state index contributed by atoms with van der Waals surface area (Å²) >= 11 is 1.81. The van der Waals surface area contributed by atoms with Crippen molar-refractivity contribution in [1.29, 1.82) is 5.26 Å². The summed E-state index contributed by atoms with van der Waals surface area (Å²) in [6.45, 7) is 4.05. The number of aryl methyl sites for hydroxylation is 1. The third kappa shape index (κ3) is 2.39. The fourth-order valence-corrected chi connectivity index (χ4v) is 2.83. The molecule has 1 aromatic heterocycles. The maximum atomic E-state index is 9.01. The fourth-order valence-electron chi connectivity index (χ4n) is 1.84. The van der Waals surface area contributed by atoms with Crippen molar-refractivity contribution in [1.82, 2.24) is 4.90 Å². The molecule has 0 unspecified atom stereocenters. The quantitative estimate of drug-likeness (QED) is 0.780. The topological polar surface area (TPSA) is 27.0 Å². The molecule has 1 heterocycles. The molecule has 1 aliphatic rings. The highest BCUT2D eigenvalue weighted by atomic mass is 32.1. The lowest BCUT2D eigenvalue weighted by Crippen LogP contribution is -2.25. The summed E-state index contributed by atoms with van der Waals surface area (Å²) in [7, 11) is 2.11. The van der Waals surface area contributed by atoms with E-state index in [-0.39, 0.29) is 5.41 Å². The number of hydrogen-bond acceptors (Lipinski definition) is 3. The van der Waals surface area contributed by atoms with Crippen molar-refractivity contribution in [3.8, 4) is 6.07 Å². The molecule has 0 aromatic carbocycles. The van der Waals surface area contributed by atoms with Gasteiger partial charge in [0, 0.05) is 18.0 Å². The van der Waals surface area contributed by atoms with Crippen molar-refractivity contribution in [3.63, 3.8) is 0 Å². The summed E-state index contributed by atoms with van der Waals surface area (Å²) in [6, 6.07) is 4.60. The first-order valence-electron chi connectivity index (χ1n) is 5.28. The molecule has 0 N–H and O–H groups in total. The lowest BCUT2D eigenvalue weighted by Gasteiger charge is -2.18. The number of nitriles is 1. The molecular weight excluding hydrogens is 204 g/mol. The average Bonchev–Trinajstić information content (AvgIpc) is 2.86. The zero-order valence-corrected chi connectivity index (χ0v) is 10.1. The van der Waals surface area contributed by atoms with Crippen molar-refractivity contribution in [2.45, 2.75) is 26.3 Å². The second-order valence-corrected chi connectivity index (χ2v) is 5.59. The summed E-state index contributed by atoms with van der Waals surface area (Å²) in [5.74, 6) is 0. The second-order valence-electron chi connectivity index (χ2n) is 4.59. The Morgan fingerprint density at radius 2 is 2.33 bits per heavy atom. The minimum Gasteiger partial charge on any atom is -0.300 e. The molecule has 1 fully saturated rings. The van der Waals surface area contributed by atoms with E-state index in [4.69, 9.17) is 5.26 Å². The maximum Gasteiger partial charge on any atom is 0.0703 e. The SMILES string of the molecule is Cc1ccsc1CN(C)CC1(C#N)CC1. The molecule has 0 atom stereocenters. The Morgan fingerprint density at radius 3 is 2.80 bits per heavy atom. The Balaban J connectivity index is 1.91. The largest absolute Gasteiger partial charge is 0.300 e. The van der Waals surface area contributed by atoms with Crippen LogP contribution >= 0.6 is 11.3 Å². The van der Waals surface area contributed by atoms with Crippen LogP contribution in [0.3, 0.4) is 0 Å². The highest BCUT2D eigenvalue weighted by Gasteiger charge is 2.43. The zero-order chi connectivity index (χ0) is 10.9. The van der Waals surface area contributed by atoms with Crippen LogP contribution in [0.15, 0.2) is 11.4 Å². The van der Waals surface area contributed by atoms with Crippen LogP contribution < -0.4 is 0 Å². The van der Waals surface area contributed by atoms with Gasteiger partial charge in [-0.3, -0.25) is 4.90 Å². The predicted molar refractivity (Wildman–Crippen MR) is 62.7 cm³/mol. The van der Waals surface area contributed by atoms with Gasteiger partial charge in [0.25, 0.3) is 0 Å². The summed E-state index contributed by atoms with van der Waals surface area (Å²) < 4.78 is 0. The first-order valence-corrected chi connectivity index (χ1v) is 6.16. The Labute approximate surface area is 95.1 Å². The van der Waals surface area contributed by atoms with E-state index < -0.39 is 0 Å². The Morgan fingerprint density at radius 1 is 1.60 bits per heavy atom. The van der Waals surface area contributed by atoms with Crippen molar-refractivity contribution >= 4 is 11.3 Å². The van der Waals surface area contributed by atoms with Crippen LogP contribution in [0.25, 0.3) is 0 Å². The fraction of sp³-hybridized carbons (Fsp3) is 0.583. The Hall–Kier alpha value is -0.850. The summed E-state index contributed by atoms with van der Waals surface area (Å²) in [6.07, 6.45) is 2.16. The molecule has 1 aliphatic carbocycles. The van der Waals surface area contributed by atoms with Crippen LogP contribution in [0.2, 0.25) is 0 Å². The number of thiophene rings is 1. The molecular formula is C12H16N2S. The average molecular weight is 220 g/mol. The molecule has 0 spiro atoms. The molecule has 15 heavy (non-hydrogen) atoms. The van der Waals surface area contributed by atoms with Gasteiger partial charge in [-0.05, 0) is 43.8 Å². The molecule has 0 saturated heterocycles. The highest BCUT2D eigenvalue weighted by Crippen LogP contribution is 2.45. The van der Waals surface area contributed by atoms with Crippen LogP contribution in [0.4, 0.5) is 0 Å². The van der Waals surface area contributed by atoms with Crippen LogP contribution in [-0.4, -0.2) is 18.5 Å². The molecule has 2 nitrogen and oxygen atoms in total. The first-order chi connectivity index (χ1) is 7.15. The summed E-state index contributed by atoms with van der Waals surface area (Å²) in [4.78, 5) is 3.70. The van der Waals surface area contributed by atoms with Crippen LogP contribution in [0.1, 0.15) is 23.3 Å². The molecule has 80 valence electrons. The van der Waals surface area contributed by atoms with Crippen molar-refractivity contribution < 1.29 is 0 Å². The van der Waals surface area contributed by atoms with Gasteiger partial charge in [0.15, 0.2) is 0 Å². The number of nitrogens with zero attached hydrogens (tertiary/aromatic N) is 2. The van der Waals surface area contributed by atoms with Gasteiger partial charge in [0.05, 0.1) is 11.5 Å². The van der Waals surface area contributed by atoms with E-state index in [0.717, 1.165) is 25.9 Å². The normalized spacial score (nSPS) is 17.7. The van der Waals surface area contributed by atoms with Gasteiger partial charge in [-0.15, -0.1) is 11.3 Å². The zero-order valence-electron chi connectivity index (χ0n) is 9.29. The molecule has 0 radical (unpaired) electrons. The molecule has 0 bridgehead atoms. The second kappa shape index (κ2) is 3.96. The van der Waals surface area contributed by atoms with Gasteiger partial charge in [-0.2, -0.15) is 5.26 Å². The van der Waals surface area contributed by atoms with Gasteiger partial charge in [-0.1, -0.05) is 0 Å². The van der Waals surface area contributed by atoms with Crippen molar-refractivity contribution in [2.75, 3.05) is 13.6 Å². The van der Waals surface area contributed by atoms with Gasteiger partial charge < -0.3 is 0 Å². The van der Waals surface area contributed by atoms with E-state index in [1.54, 1.807) is 0 Å². The van der Waals surface area contributed by atoms with E-state index in [9.17, 15) is 0 Å². The van der Waals surface area contributed by atoms with Crippen LogP contribution in [-0.2, 0) is 6.54 Å². The highest BCUT2D eigenvalue weighted by molar-refractivity contribution is 7.10. The predicted octanol–water partition coefficient (Wildman–Crippen LogP) is 2.79. The summed E-state index contributed by atoms with van der Waals surface area (Å²) in [5, 5.41) is 11.1. The van der Waals surface area contributed by atoms with Gasteiger partial charge in [0.2, 0.25) is 0 Å². The molecule has 1 saturated carbocycles. The standard InChI is InChI=1S/C12H16N2S/c1-10-3-6-15-11(10)7-14(2)9-12(8-13)4-5-12/h3,6H,4-5,7,9H2,1-2H3. The van der Waals surface area contributed by atoms with Crippen LogP contribution in [0, 0.1) is 23.7 Å². The number of rotatable bonds is 4. The smallest absolute Gasteiger partial charge is 0.0703 e. The first kappa shape index (κ1) is 10.7. The van der Waals surface area contributed by atoms with Crippen LogP contribution in [0.5, 0.6) is 0 Å². The lowest BCUT2D eigenvalue weighted by molar-refractivity contribution is 0.288. The third-order valence-corrected chi connectivity index (χ3v) is 4.05. The molecule has 0 amide bonds. The minimum absolute atomic E-state index is 0.0140. The Bertz CT molecular complexity index is 385. The molecule has 3 heteroatoms. The van der Waals surface area contributed by atoms with Crippen molar-refractivity contribution in [3.05, 3.63) is 21.9 Å². The van der Waals surface area contributed by atoms with E-state index in [1.165, 1.54) is 10.4 Å². The van der Waals surface area contributed by atoms with Crippen molar-refractivity contribution in [2.24, 2.45) is 5.41 Å². The van der Waals surface area contributed by atoms with E-state index >= 15 is 0 Å². The van der Waals surface area contributed by atoms with Gasteiger partial charge in [0.1, 0.15) is 0 Å². The van der Waals surface area contributed by atoms with E-state index in [2.05, 4.69) is 36.4 Å². The van der Waals surface area contributed by atoms with E-state index in [1.807, 2.05) is 11.3 Å². The van der Waals surface area contributed by atoms with E-state index in [0.29, 0.717) is 0 Å². The minimum atomic E-state index is -0.0140. The number of hydrogen-bond donors (Lipinski definition) is 0. The lowest BCUT2D eigenvalue weighted by atomic mass is 10.1. The molecule has 2 rings (SSSR count). The Kier molecular flexibility index (Phi) is 2.81. The van der Waals surface area contributed by atoms with Gasteiger partial charge >= 0.3 is 0 Å². The third-order valence-electron chi connectivity index (χ3n) is 3.04. The monoisotopic (exact) mass is 220 g/mol. The maximum absolute atomic E-state index is 9.01.